The summed E-state index contributed by atoms with van der Waals surface area (Å²) in [6.07, 6.45) is 1.17. The topological polar surface area (TPSA) is 15.3 Å². The van der Waals surface area contributed by atoms with Gasteiger partial charge in [0.05, 0.1) is 6.04 Å². The Balaban J connectivity index is 1.96. The summed E-state index contributed by atoms with van der Waals surface area (Å²) in [5.41, 5.74) is 4.12. The largest absolute Gasteiger partial charge is 0.361 e. The van der Waals surface area contributed by atoms with Gasteiger partial charge in [-0.05, 0) is 30.5 Å². The summed E-state index contributed by atoms with van der Waals surface area (Å²) in [5.74, 6) is 0. The highest BCUT2D eigenvalue weighted by atomic mass is 15.2. The molecule has 1 aliphatic heterocycles. The molecule has 0 saturated carbocycles. The van der Waals surface area contributed by atoms with Crippen LogP contribution in [0.4, 0.5) is 5.69 Å². The molecule has 3 rings (SSSR count). The fourth-order valence-electron chi connectivity index (χ4n) is 3.22. The molecule has 1 heterocycles. The molecule has 0 aromatic heterocycles. The molecule has 110 valence electrons. The average molecular weight is 280 g/mol. The number of nitrogens with one attached hydrogen (secondary N) is 1. The number of aryl methyl sites for hydroxylation is 1. The average Bonchev–Trinajstić information content (AvgIpc) is 2.55. The smallest absolute Gasteiger partial charge is 0.0667 e. The van der Waals surface area contributed by atoms with Gasteiger partial charge in [-0.25, -0.2) is 0 Å². The van der Waals surface area contributed by atoms with Crippen LogP contribution in [0.5, 0.6) is 0 Å². The molecule has 2 aromatic rings. The Labute approximate surface area is 127 Å². The van der Waals surface area contributed by atoms with Crippen molar-refractivity contribution in [1.29, 1.82) is 0 Å². The van der Waals surface area contributed by atoms with E-state index in [-0.39, 0.29) is 0 Å². The molecule has 0 radical (unpaired) electrons. The molecule has 2 atom stereocenters. The molecule has 21 heavy (non-hydrogen) atoms. The van der Waals surface area contributed by atoms with E-state index in [1.807, 2.05) is 0 Å². The molecule has 1 saturated heterocycles. The van der Waals surface area contributed by atoms with E-state index in [4.69, 9.17) is 0 Å². The third kappa shape index (κ3) is 2.96. The van der Waals surface area contributed by atoms with E-state index in [2.05, 4.69) is 78.7 Å². The quantitative estimate of drug-likeness (QED) is 0.916. The second-order valence-corrected chi connectivity index (χ2v) is 5.88. The van der Waals surface area contributed by atoms with Crippen molar-refractivity contribution < 1.29 is 0 Å². The van der Waals surface area contributed by atoms with Crippen molar-refractivity contribution in [1.82, 2.24) is 5.32 Å². The predicted molar refractivity (Wildman–Crippen MR) is 89.8 cm³/mol. The number of para-hydroxylation sites is 1. The Hall–Kier alpha value is -1.80. The number of hydrogen-bond acceptors (Lipinski definition) is 2. The van der Waals surface area contributed by atoms with Crippen LogP contribution in [0.25, 0.3) is 0 Å². The zero-order valence-corrected chi connectivity index (χ0v) is 12.9. The minimum absolute atomic E-state index is 0.412. The van der Waals surface area contributed by atoms with Crippen LogP contribution in [-0.2, 0) is 0 Å². The molecule has 0 spiro atoms. The molecule has 0 aliphatic carbocycles. The van der Waals surface area contributed by atoms with Crippen LogP contribution in [0.1, 0.15) is 30.5 Å². The van der Waals surface area contributed by atoms with E-state index in [0.717, 1.165) is 13.1 Å². The first-order valence-electron chi connectivity index (χ1n) is 7.90. The summed E-state index contributed by atoms with van der Waals surface area (Å²) in [4.78, 5) is 2.58. The van der Waals surface area contributed by atoms with Crippen molar-refractivity contribution in [2.75, 3.05) is 18.0 Å². The molecule has 1 N–H and O–H groups in total. The number of hydrogen-bond donors (Lipinski definition) is 1. The van der Waals surface area contributed by atoms with E-state index in [9.17, 15) is 0 Å². The van der Waals surface area contributed by atoms with Gasteiger partial charge in [0.25, 0.3) is 0 Å². The number of anilines is 1. The SMILES string of the molecule is CCC1CN(c2ccccc2C)C(c2ccccc2)CN1. The third-order valence-corrected chi connectivity index (χ3v) is 4.50. The number of piperazine rings is 1. The van der Waals surface area contributed by atoms with Crippen molar-refractivity contribution in [3.8, 4) is 0 Å². The van der Waals surface area contributed by atoms with Crippen molar-refractivity contribution >= 4 is 5.69 Å². The summed E-state index contributed by atoms with van der Waals surface area (Å²) in [7, 11) is 0. The lowest BCUT2D eigenvalue weighted by atomic mass is 9.98. The minimum atomic E-state index is 0.412. The molecular weight excluding hydrogens is 256 g/mol. The summed E-state index contributed by atoms with van der Waals surface area (Å²) in [6.45, 7) is 6.55. The zero-order chi connectivity index (χ0) is 14.7. The van der Waals surface area contributed by atoms with Crippen LogP contribution < -0.4 is 10.2 Å². The first-order chi connectivity index (χ1) is 10.3. The van der Waals surface area contributed by atoms with Crippen LogP contribution in [0.15, 0.2) is 54.6 Å². The van der Waals surface area contributed by atoms with Gasteiger partial charge >= 0.3 is 0 Å². The van der Waals surface area contributed by atoms with E-state index in [1.54, 1.807) is 0 Å². The Kier molecular flexibility index (Phi) is 4.26. The molecule has 2 aromatic carbocycles. The highest BCUT2D eigenvalue weighted by Crippen LogP contribution is 2.31. The van der Waals surface area contributed by atoms with Crippen LogP contribution in [-0.4, -0.2) is 19.1 Å². The summed E-state index contributed by atoms with van der Waals surface area (Å²) >= 11 is 0. The standard InChI is InChI=1S/C19H24N2/c1-3-17-14-21(18-12-8-7-9-15(18)2)19(13-20-17)16-10-5-4-6-11-16/h4-12,17,19-20H,3,13-14H2,1-2H3. The third-order valence-electron chi connectivity index (χ3n) is 4.50. The first kappa shape index (κ1) is 14.2. The van der Waals surface area contributed by atoms with Crippen molar-refractivity contribution in [3.63, 3.8) is 0 Å². The second-order valence-electron chi connectivity index (χ2n) is 5.88. The zero-order valence-electron chi connectivity index (χ0n) is 12.9. The minimum Gasteiger partial charge on any atom is -0.361 e. The maximum absolute atomic E-state index is 3.69. The van der Waals surface area contributed by atoms with Gasteiger partial charge in [0.2, 0.25) is 0 Å². The molecule has 1 aliphatic rings. The highest BCUT2D eigenvalue weighted by molar-refractivity contribution is 5.55. The van der Waals surface area contributed by atoms with Crippen molar-refractivity contribution in [2.45, 2.75) is 32.4 Å². The van der Waals surface area contributed by atoms with Crippen LogP contribution in [0, 0.1) is 6.92 Å². The lowest BCUT2D eigenvalue weighted by Crippen LogP contribution is -2.52. The van der Waals surface area contributed by atoms with Gasteiger partial charge in [0.15, 0.2) is 0 Å². The number of rotatable bonds is 3. The number of benzene rings is 2. The van der Waals surface area contributed by atoms with Gasteiger partial charge in [0, 0.05) is 24.8 Å². The lowest BCUT2D eigenvalue weighted by Gasteiger charge is -2.42. The van der Waals surface area contributed by atoms with E-state index in [1.165, 1.54) is 23.2 Å². The van der Waals surface area contributed by atoms with Gasteiger partial charge in [-0.15, -0.1) is 0 Å². The van der Waals surface area contributed by atoms with Crippen LogP contribution >= 0.6 is 0 Å². The normalized spacial score (nSPS) is 22.3. The van der Waals surface area contributed by atoms with Gasteiger partial charge in [0.1, 0.15) is 0 Å². The van der Waals surface area contributed by atoms with Gasteiger partial charge in [-0.2, -0.15) is 0 Å². The molecule has 0 amide bonds. The van der Waals surface area contributed by atoms with Gasteiger partial charge in [-0.3, -0.25) is 0 Å². The maximum atomic E-state index is 3.69. The van der Waals surface area contributed by atoms with Crippen molar-refractivity contribution in [3.05, 3.63) is 65.7 Å². The van der Waals surface area contributed by atoms with E-state index >= 15 is 0 Å². The maximum Gasteiger partial charge on any atom is 0.0667 e. The summed E-state index contributed by atoms with van der Waals surface area (Å²) in [5, 5.41) is 3.69. The second kappa shape index (κ2) is 6.31. The Morgan fingerprint density at radius 3 is 2.48 bits per heavy atom. The van der Waals surface area contributed by atoms with Crippen molar-refractivity contribution in [2.24, 2.45) is 0 Å². The fraction of sp³-hybridized carbons (Fsp3) is 0.368. The molecule has 1 fully saturated rings. The fourth-order valence-corrected chi connectivity index (χ4v) is 3.22. The van der Waals surface area contributed by atoms with Gasteiger partial charge in [-0.1, -0.05) is 55.5 Å². The molecular formula is C19H24N2. The Bertz CT molecular complexity index is 579. The van der Waals surface area contributed by atoms with E-state index in [0.29, 0.717) is 12.1 Å². The van der Waals surface area contributed by atoms with Gasteiger partial charge < -0.3 is 10.2 Å². The lowest BCUT2D eigenvalue weighted by molar-refractivity contribution is 0.389. The summed E-state index contributed by atoms with van der Waals surface area (Å²) in [6, 6.07) is 20.6. The molecule has 2 heteroatoms. The summed E-state index contributed by atoms with van der Waals surface area (Å²) < 4.78 is 0. The molecule has 0 bridgehead atoms. The van der Waals surface area contributed by atoms with Crippen LogP contribution in [0.3, 0.4) is 0 Å². The molecule has 2 unspecified atom stereocenters. The first-order valence-corrected chi connectivity index (χ1v) is 7.90. The number of nitrogens with zero attached hydrogens (tertiary/aromatic N) is 1. The monoisotopic (exact) mass is 280 g/mol. The Morgan fingerprint density at radius 2 is 1.76 bits per heavy atom. The predicted octanol–water partition coefficient (Wildman–Crippen LogP) is 3.92. The van der Waals surface area contributed by atoms with E-state index < -0.39 is 0 Å². The Morgan fingerprint density at radius 1 is 1.05 bits per heavy atom. The van der Waals surface area contributed by atoms with Crippen LogP contribution in [0.2, 0.25) is 0 Å². The highest BCUT2D eigenvalue weighted by Gasteiger charge is 2.28. The molecule has 2 nitrogen and oxygen atoms in total.